The van der Waals surface area contributed by atoms with Crippen LogP contribution in [0, 0.1) is 0 Å². The van der Waals surface area contributed by atoms with Crippen LogP contribution < -0.4 is 0 Å². The summed E-state index contributed by atoms with van der Waals surface area (Å²) in [5, 5.41) is 29.6. The van der Waals surface area contributed by atoms with Crippen LogP contribution in [0.2, 0.25) is 0 Å². The van der Waals surface area contributed by atoms with Crippen molar-refractivity contribution in [3.05, 3.63) is 59.7 Å². The van der Waals surface area contributed by atoms with Crippen molar-refractivity contribution >= 4 is 10.0 Å². The van der Waals surface area contributed by atoms with Crippen LogP contribution in [0.15, 0.2) is 53.4 Å². The minimum Gasteiger partial charge on any atom is -0.508 e. The van der Waals surface area contributed by atoms with Gasteiger partial charge in [0.25, 0.3) is 0 Å². The Kier molecular flexibility index (Phi) is 4.60. The van der Waals surface area contributed by atoms with E-state index in [1.807, 2.05) is 0 Å². The summed E-state index contributed by atoms with van der Waals surface area (Å²) in [5.41, 5.74) is 1.06. The fourth-order valence-corrected chi connectivity index (χ4v) is 5.01. The average molecular weight is 349 g/mol. The van der Waals surface area contributed by atoms with Gasteiger partial charge in [0.05, 0.1) is 23.6 Å². The lowest BCUT2D eigenvalue weighted by Crippen LogP contribution is -2.50. The van der Waals surface area contributed by atoms with Gasteiger partial charge in [0.1, 0.15) is 5.75 Å². The molecule has 1 heterocycles. The summed E-state index contributed by atoms with van der Waals surface area (Å²) in [6.07, 6.45) is -0.790. The lowest BCUT2D eigenvalue weighted by atomic mass is 9.95. The molecule has 6 nitrogen and oxygen atoms in total. The van der Waals surface area contributed by atoms with Gasteiger partial charge < -0.3 is 15.3 Å². The largest absolute Gasteiger partial charge is 0.508 e. The number of rotatable bonds is 4. The van der Waals surface area contributed by atoms with E-state index in [4.69, 9.17) is 0 Å². The molecule has 0 fully saturated rings. The molecule has 2 aromatic carbocycles. The zero-order valence-corrected chi connectivity index (χ0v) is 13.7. The molecule has 0 saturated carbocycles. The number of hydrogen-bond donors (Lipinski definition) is 3. The zero-order valence-electron chi connectivity index (χ0n) is 12.9. The maximum Gasteiger partial charge on any atom is 0.243 e. The molecule has 3 N–H and O–H groups in total. The van der Waals surface area contributed by atoms with Crippen LogP contribution in [0.3, 0.4) is 0 Å². The highest BCUT2D eigenvalue weighted by molar-refractivity contribution is 7.89. The molecular formula is C17H19NO5S. The molecule has 0 aliphatic carbocycles. The molecule has 0 unspecified atom stereocenters. The van der Waals surface area contributed by atoms with E-state index in [-0.39, 0.29) is 30.2 Å². The molecule has 0 aromatic heterocycles. The van der Waals surface area contributed by atoms with Crippen molar-refractivity contribution in [3.63, 3.8) is 0 Å². The number of sulfonamides is 1. The fraction of sp³-hybridized carbons (Fsp3) is 0.294. The molecule has 0 spiro atoms. The summed E-state index contributed by atoms with van der Waals surface area (Å²) >= 11 is 0. The molecule has 0 bridgehead atoms. The molecule has 24 heavy (non-hydrogen) atoms. The standard InChI is InChI=1S/C17H19NO5S/c19-9-8-18-15(11-12-4-3-5-13(20)10-12)17(21)14-6-1-2-7-16(14)24(18,22)23/h1-7,10,15,17,19-21H,8-9,11H2/t15-,17+/m0/s1. The second kappa shape index (κ2) is 6.52. The number of benzene rings is 2. The maximum absolute atomic E-state index is 12.9. The van der Waals surface area contributed by atoms with Crippen molar-refractivity contribution in [2.75, 3.05) is 13.2 Å². The van der Waals surface area contributed by atoms with E-state index in [1.54, 1.807) is 30.3 Å². The topological polar surface area (TPSA) is 98.1 Å². The third kappa shape index (κ3) is 2.91. The lowest BCUT2D eigenvalue weighted by molar-refractivity contribution is 0.0724. The summed E-state index contributed by atoms with van der Waals surface area (Å²) < 4.78 is 26.9. The van der Waals surface area contributed by atoms with Gasteiger partial charge in [-0.25, -0.2) is 8.42 Å². The summed E-state index contributed by atoms with van der Waals surface area (Å²) in [7, 11) is -3.81. The summed E-state index contributed by atoms with van der Waals surface area (Å²) in [5.74, 6) is 0.0785. The van der Waals surface area contributed by atoms with Gasteiger partial charge in [-0.1, -0.05) is 30.3 Å². The van der Waals surface area contributed by atoms with E-state index in [9.17, 15) is 23.7 Å². The second-order valence-electron chi connectivity index (χ2n) is 5.76. The summed E-state index contributed by atoms with van der Waals surface area (Å²) in [4.78, 5) is 0.0677. The minimum atomic E-state index is -3.81. The number of phenolic OH excluding ortho intramolecular Hbond substituents is 1. The van der Waals surface area contributed by atoms with Crippen LogP contribution in [-0.2, 0) is 16.4 Å². The van der Waals surface area contributed by atoms with Crippen molar-refractivity contribution in [1.29, 1.82) is 0 Å². The normalized spacial score (nSPS) is 22.9. The number of aliphatic hydroxyl groups excluding tert-OH is 2. The van der Waals surface area contributed by atoms with Gasteiger partial charge >= 0.3 is 0 Å². The number of hydrogen-bond acceptors (Lipinski definition) is 5. The zero-order chi connectivity index (χ0) is 17.3. The Morgan fingerprint density at radius 1 is 1.08 bits per heavy atom. The van der Waals surface area contributed by atoms with E-state index >= 15 is 0 Å². The first-order valence-electron chi connectivity index (χ1n) is 7.63. The monoisotopic (exact) mass is 349 g/mol. The van der Waals surface area contributed by atoms with Crippen molar-refractivity contribution in [1.82, 2.24) is 4.31 Å². The number of nitrogens with zero attached hydrogens (tertiary/aromatic N) is 1. The van der Waals surface area contributed by atoms with Crippen molar-refractivity contribution in [2.45, 2.75) is 23.5 Å². The predicted octanol–water partition coefficient (Wildman–Crippen LogP) is 1.03. The van der Waals surface area contributed by atoms with E-state index in [0.29, 0.717) is 11.1 Å². The molecule has 0 saturated heterocycles. The number of fused-ring (bicyclic) bond motifs is 1. The third-order valence-electron chi connectivity index (χ3n) is 4.23. The Morgan fingerprint density at radius 3 is 2.54 bits per heavy atom. The maximum atomic E-state index is 12.9. The number of β-amino-alcohol motifs (C(OH)–C–C–N with tert-alkyl or cyclic N) is 1. The van der Waals surface area contributed by atoms with Crippen LogP contribution in [-0.4, -0.2) is 47.2 Å². The molecule has 1 aliphatic rings. The smallest absolute Gasteiger partial charge is 0.243 e. The number of phenols is 1. The van der Waals surface area contributed by atoms with Gasteiger partial charge in [-0.15, -0.1) is 0 Å². The van der Waals surface area contributed by atoms with Crippen LogP contribution in [0.1, 0.15) is 17.2 Å². The second-order valence-corrected chi connectivity index (χ2v) is 7.62. The molecule has 3 rings (SSSR count). The van der Waals surface area contributed by atoms with Crippen LogP contribution in [0.25, 0.3) is 0 Å². The Morgan fingerprint density at radius 2 is 1.83 bits per heavy atom. The number of aliphatic hydroxyl groups is 2. The summed E-state index contributed by atoms with van der Waals surface area (Å²) in [6, 6.07) is 12.1. The molecule has 0 amide bonds. The molecule has 2 aromatic rings. The highest BCUT2D eigenvalue weighted by Gasteiger charge is 2.43. The van der Waals surface area contributed by atoms with Gasteiger partial charge in [-0.2, -0.15) is 4.31 Å². The van der Waals surface area contributed by atoms with Gasteiger partial charge in [0.15, 0.2) is 0 Å². The predicted molar refractivity (Wildman–Crippen MR) is 88.0 cm³/mol. The average Bonchev–Trinajstić information content (AvgIpc) is 2.56. The van der Waals surface area contributed by atoms with Crippen molar-refractivity contribution < 1.29 is 23.7 Å². The molecule has 0 radical (unpaired) electrons. The Bertz CT molecular complexity index is 836. The van der Waals surface area contributed by atoms with Gasteiger partial charge in [-0.05, 0) is 30.2 Å². The fourth-order valence-electron chi connectivity index (χ4n) is 3.15. The van der Waals surface area contributed by atoms with Gasteiger partial charge in [0, 0.05) is 12.1 Å². The van der Waals surface area contributed by atoms with E-state index in [1.165, 1.54) is 18.2 Å². The summed E-state index contributed by atoms with van der Waals surface area (Å²) in [6.45, 7) is -0.443. The van der Waals surface area contributed by atoms with Gasteiger partial charge in [0.2, 0.25) is 10.0 Å². The van der Waals surface area contributed by atoms with Gasteiger partial charge in [-0.3, -0.25) is 0 Å². The van der Waals surface area contributed by atoms with Crippen molar-refractivity contribution in [3.8, 4) is 5.75 Å². The Balaban J connectivity index is 2.06. The highest BCUT2D eigenvalue weighted by Crippen LogP contribution is 2.37. The Hall–Kier alpha value is -1.93. The van der Waals surface area contributed by atoms with Crippen LogP contribution in [0.5, 0.6) is 5.75 Å². The molecule has 7 heteroatoms. The molecular weight excluding hydrogens is 330 g/mol. The number of aromatic hydroxyl groups is 1. The van der Waals surface area contributed by atoms with Crippen LogP contribution >= 0.6 is 0 Å². The molecule has 2 atom stereocenters. The third-order valence-corrected chi connectivity index (χ3v) is 6.23. The highest BCUT2D eigenvalue weighted by atomic mass is 32.2. The quantitative estimate of drug-likeness (QED) is 0.766. The first-order chi connectivity index (χ1) is 11.4. The van der Waals surface area contributed by atoms with E-state index < -0.39 is 22.2 Å². The van der Waals surface area contributed by atoms with E-state index in [2.05, 4.69) is 0 Å². The first kappa shape index (κ1) is 16.9. The first-order valence-corrected chi connectivity index (χ1v) is 9.07. The molecule has 128 valence electrons. The minimum absolute atomic E-state index is 0.0677. The molecule has 1 aliphatic heterocycles. The van der Waals surface area contributed by atoms with Crippen LogP contribution in [0.4, 0.5) is 0 Å². The van der Waals surface area contributed by atoms with Crippen molar-refractivity contribution in [2.24, 2.45) is 0 Å². The lowest BCUT2D eigenvalue weighted by Gasteiger charge is -2.39. The Labute approximate surface area is 140 Å². The van der Waals surface area contributed by atoms with E-state index in [0.717, 1.165) is 4.31 Å². The SMILES string of the molecule is O=S1(=O)c2ccccc2[C@@H](O)[C@H](Cc2cccc(O)c2)N1CCO.